The maximum atomic E-state index is 10.8. The molecule has 5 rings (SSSR count). The van der Waals surface area contributed by atoms with Crippen LogP contribution in [0, 0.1) is 0 Å². The highest BCUT2D eigenvalue weighted by Gasteiger charge is 2.40. The molecule has 1 unspecified atom stereocenters. The minimum absolute atomic E-state index is 0.147. The summed E-state index contributed by atoms with van der Waals surface area (Å²) in [4.78, 5) is 0. The summed E-state index contributed by atoms with van der Waals surface area (Å²) in [7, 11) is 3.22. The van der Waals surface area contributed by atoms with Crippen LogP contribution in [0.25, 0.3) is 11.1 Å². The summed E-state index contributed by atoms with van der Waals surface area (Å²) in [5, 5.41) is 14.4. The molecule has 25 heavy (non-hydrogen) atoms. The molecule has 2 aliphatic heterocycles. The van der Waals surface area contributed by atoms with Gasteiger partial charge in [0.25, 0.3) is 0 Å². The molecule has 2 aromatic rings. The third kappa shape index (κ3) is 1.83. The second kappa shape index (κ2) is 5.20. The number of phenolic OH excluding ortho intramolecular Hbond substituents is 1. The number of aromatic hydroxyl groups is 1. The highest BCUT2D eigenvalue weighted by Crippen LogP contribution is 2.59. The van der Waals surface area contributed by atoms with Crippen LogP contribution in [0.2, 0.25) is 0 Å². The van der Waals surface area contributed by atoms with Gasteiger partial charge < -0.3 is 29.4 Å². The molecule has 0 saturated carbocycles. The van der Waals surface area contributed by atoms with E-state index in [4.69, 9.17) is 18.9 Å². The van der Waals surface area contributed by atoms with Crippen molar-refractivity contribution in [2.75, 3.05) is 27.6 Å². The fraction of sp³-hybridized carbons (Fsp3) is 0.368. The molecule has 6 nitrogen and oxygen atoms in total. The quantitative estimate of drug-likeness (QED) is 0.875. The van der Waals surface area contributed by atoms with Crippen LogP contribution in [-0.2, 0) is 12.8 Å². The van der Waals surface area contributed by atoms with Gasteiger partial charge in [-0.15, -0.1) is 0 Å². The van der Waals surface area contributed by atoms with Gasteiger partial charge in [-0.2, -0.15) is 0 Å². The Balaban J connectivity index is 1.91. The predicted molar refractivity (Wildman–Crippen MR) is 90.9 cm³/mol. The van der Waals surface area contributed by atoms with E-state index in [1.54, 1.807) is 14.2 Å². The topological polar surface area (TPSA) is 69.2 Å². The van der Waals surface area contributed by atoms with Crippen molar-refractivity contribution in [3.8, 4) is 39.9 Å². The molecule has 0 aromatic heterocycles. The first kappa shape index (κ1) is 14.7. The Morgan fingerprint density at radius 1 is 1.12 bits per heavy atom. The van der Waals surface area contributed by atoms with Gasteiger partial charge in [0.05, 0.1) is 14.2 Å². The minimum Gasteiger partial charge on any atom is -0.504 e. The largest absolute Gasteiger partial charge is 0.504 e. The number of methoxy groups -OCH3 is 2. The van der Waals surface area contributed by atoms with Gasteiger partial charge in [-0.1, -0.05) is 6.07 Å². The van der Waals surface area contributed by atoms with Crippen LogP contribution in [0.15, 0.2) is 12.1 Å². The summed E-state index contributed by atoms with van der Waals surface area (Å²) >= 11 is 0. The van der Waals surface area contributed by atoms with Crippen LogP contribution >= 0.6 is 0 Å². The van der Waals surface area contributed by atoms with E-state index in [1.807, 2.05) is 12.1 Å². The second-order valence-electron chi connectivity index (χ2n) is 6.48. The van der Waals surface area contributed by atoms with E-state index in [0.717, 1.165) is 53.0 Å². The number of hydrogen-bond donors (Lipinski definition) is 2. The molecule has 0 amide bonds. The molecule has 130 valence electrons. The van der Waals surface area contributed by atoms with E-state index < -0.39 is 0 Å². The lowest BCUT2D eigenvalue weighted by atomic mass is 9.76. The summed E-state index contributed by atoms with van der Waals surface area (Å²) in [5.74, 6) is 2.64. The fourth-order valence-corrected chi connectivity index (χ4v) is 4.36. The summed E-state index contributed by atoms with van der Waals surface area (Å²) in [5.41, 5.74) is 5.03. The summed E-state index contributed by atoms with van der Waals surface area (Å²) in [6.07, 6.45) is 1.65. The van der Waals surface area contributed by atoms with E-state index in [-0.39, 0.29) is 18.6 Å². The maximum Gasteiger partial charge on any atom is 0.231 e. The first-order chi connectivity index (χ1) is 12.2. The number of hydrogen-bond acceptors (Lipinski definition) is 6. The van der Waals surface area contributed by atoms with Gasteiger partial charge in [0, 0.05) is 22.7 Å². The molecule has 2 N–H and O–H groups in total. The standard InChI is InChI=1S/C19H19NO5/c1-22-12-4-3-9-7-11-14-10(5-6-20-11)17(23-2)19-18(24-8-25-19)15(14)13(9)16(12)21/h3-4,11,20-21H,5-8H2,1-2H3. The van der Waals surface area contributed by atoms with Crippen LogP contribution < -0.4 is 24.3 Å². The van der Waals surface area contributed by atoms with Crippen molar-refractivity contribution >= 4 is 0 Å². The maximum absolute atomic E-state index is 10.8. The number of nitrogens with one attached hydrogen (secondary N) is 1. The Bertz CT molecular complexity index is 892. The zero-order valence-corrected chi connectivity index (χ0v) is 14.1. The Hall–Kier alpha value is -2.60. The van der Waals surface area contributed by atoms with Gasteiger partial charge in [-0.3, -0.25) is 0 Å². The van der Waals surface area contributed by atoms with Gasteiger partial charge >= 0.3 is 0 Å². The van der Waals surface area contributed by atoms with Crippen molar-refractivity contribution in [2.45, 2.75) is 18.9 Å². The molecule has 0 bridgehead atoms. The highest BCUT2D eigenvalue weighted by molar-refractivity contribution is 5.90. The van der Waals surface area contributed by atoms with E-state index in [9.17, 15) is 5.11 Å². The number of benzene rings is 2. The average Bonchev–Trinajstić information content (AvgIpc) is 3.11. The molecule has 6 heteroatoms. The Kier molecular flexibility index (Phi) is 3.06. The first-order valence-corrected chi connectivity index (χ1v) is 8.39. The first-order valence-electron chi connectivity index (χ1n) is 8.39. The SMILES string of the molecule is COc1ccc2c(c1O)-c1c3c(c(OC)c4c1C(C2)NCC4)OCO3. The number of rotatable bonds is 2. The lowest BCUT2D eigenvalue weighted by molar-refractivity contribution is 0.171. The molecular formula is C19H19NO5. The van der Waals surface area contributed by atoms with Gasteiger partial charge in [-0.05, 0) is 36.6 Å². The van der Waals surface area contributed by atoms with E-state index >= 15 is 0 Å². The lowest BCUT2D eigenvalue weighted by Gasteiger charge is -2.36. The zero-order valence-electron chi connectivity index (χ0n) is 14.1. The monoisotopic (exact) mass is 341 g/mol. The van der Waals surface area contributed by atoms with Crippen LogP contribution in [0.1, 0.15) is 22.7 Å². The summed E-state index contributed by atoms with van der Waals surface area (Å²) in [6, 6.07) is 3.99. The van der Waals surface area contributed by atoms with Crippen LogP contribution in [0.3, 0.4) is 0 Å². The Morgan fingerprint density at radius 2 is 1.96 bits per heavy atom. The van der Waals surface area contributed by atoms with Gasteiger partial charge in [0.2, 0.25) is 12.5 Å². The molecule has 3 aliphatic rings. The Labute approximate surface area is 145 Å². The molecule has 0 spiro atoms. The van der Waals surface area contributed by atoms with Crippen molar-refractivity contribution in [2.24, 2.45) is 0 Å². The Morgan fingerprint density at radius 3 is 2.76 bits per heavy atom. The van der Waals surface area contributed by atoms with Crippen molar-refractivity contribution in [1.29, 1.82) is 0 Å². The number of fused-ring (bicyclic) bond motifs is 4. The predicted octanol–water partition coefficient (Wildman–Crippen LogP) is 2.55. The molecular weight excluding hydrogens is 322 g/mol. The van der Waals surface area contributed by atoms with Crippen LogP contribution in [0.5, 0.6) is 28.7 Å². The molecule has 2 heterocycles. The lowest BCUT2D eigenvalue weighted by Crippen LogP contribution is -2.34. The number of ether oxygens (including phenoxy) is 4. The third-order valence-electron chi connectivity index (χ3n) is 5.35. The molecule has 0 radical (unpaired) electrons. The molecule has 0 fully saturated rings. The zero-order chi connectivity index (χ0) is 17.1. The van der Waals surface area contributed by atoms with Crippen molar-refractivity contribution < 1.29 is 24.1 Å². The van der Waals surface area contributed by atoms with E-state index in [0.29, 0.717) is 17.2 Å². The van der Waals surface area contributed by atoms with Gasteiger partial charge in [-0.25, -0.2) is 0 Å². The fourth-order valence-electron chi connectivity index (χ4n) is 4.36. The molecule has 0 saturated heterocycles. The summed E-state index contributed by atoms with van der Waals surface area (Å²) in [6.45, 7) is 1.03. The van der Waals surface area contributed by atoms with Gasteiger partial charge in [0.1, 0.15) is 0 Å². The molecule has 2 aromatic carbocycles. The van der Waals surface area contributed by atoms with Crippen LogP contribution in [0.4, 0.5) is 0 Å². The molecule has 1 atom stereocenters. The number of phenols is 1. The molecule has 1 aliphatic carbocycles. The summed E-state index contributed by atoms with van der Waals surface area (Å²) < 4.78 is 22.5. The van der Waals surface area contributed by atoms with Crippen molar-refractivity contribution in [1.82, 2.24) is 5.32 Å². The average molecular weight is 341 g/mol. The third-order valence-corrected chi connectivity index (χ3v) is 5.35. The van der Waals surface area contributed by atoms with Crippen molar-refractivity contribution in [3.05, 3.63) is 28.8 Å². The highest BCUT2D eigenvalue weighted by atomic mass is 16.7. The van der Waals surface area contributed by atoms with Gasteiger partial charge in [0.15, 0.2) is 23.0 Å². The second-order valence-corrected chi connectivity index (χ2v) is 6.48. The normalized spacial score (nSPS) is 19.2. The van der Waals surface area contributed by atoms with E-state index in [2.05, 4.69) is 5.32 Å². The van der Waals surface area contributed by atoms with Crippen molar-refractivity contribution in [3.63, 3.8) is 0 Å². The smallest absolute Gasteiger partial charge is 0.231 e. The van der Waals surface area contributed by atoms with E-state index in [1.165, 1.54) is 0 Å². The van der Waals surface area contributed by atoms with Crippen LogP contribution in [-0.4, -0.2) is 32.7 Å². The minimum atomic E-state index is 0.147.